The molecule has 26 heavy (non-hydrogen) atoms. The Kier molecular flexibility index (Phi) is 5.47. The minimum Gasteiger partial charge on any atom is -0.357 e. The summed E-state index contributed by atoms with van der Waals surface area (Å²) in [6, 6.07) is 11.7. The molecule has 1 amide bonds. The number of para-hydroxylation sites is 1. The number of fused-ring (bicyclic) bond motifs is 1. The van der Waals surface area contributed by atoms with E-state index in [2.05, 4.69) is 29.0 Å². The number of pyridine rings is 1. The highest BCUT2D eigenvalue weighted by atomic mass is 35.5. The van der Waals surface area contributed by atoms with Crippen molar-refractivity contribution < 1.29 is 4.79 Å². The Hall–Kier alpha value is -2.53. The number of carbonyl (C=O) groups excluding carboxylic acids is 1. The third-order valence-electron chi connectivity index (χ3n) is 4.61. The molecule has 0 radical (unpaired) electrons. The number of nitrogens with one attached hydrogen (secondary N) is 1. The van der Waals surface area contributed by atoms with Crippen LogP contribution in [0.5, 0.6) is 0 Å². The van der Waals surface area contributed by atoms with Crippen molar-refractivity contribution in [3.8, 4) is 0 Å². The predicted octanol–water partition coefficient (Wildman–Crippen LogP) is 4.00. The summed E-state index contributed by atoms with van der Waals surface area (Å²) in [6.07, 6.45) is 1.80. The number of anilines is 1. The van der Waals surface area contributed by atoms with Crippen LogP contribution in [0.1, 0.15) is 29.9 Å². The Morgan fingerprint density at radius 1 is 1.19 bits per heavy atom. The first-order chi connectivity index (χ1) is 12.6. The zero-order valence-corrected chi connectivity index (χ0v) is 16.0. The van der Waals surface area contributed by atoms with E-state index in [-0.39, 0.29) is 5.91 Å². The average molecular weight is 371 g/mol. The van der Waals surface area contributed by atoms with E-state index < -0.39 is 0 Å². The highest BCUT2D eigenvalue weighted by molar-refractivity contribution is 6.38. The average Bonchev–Trinajstić information content (AvgIpc) is 2.93. The summed E-state index contributed by atoms with van der Waals surface area (Å²) < 4.78 is 1.83. The molecule has 6 heteroatoms. The van der Waals surface area contributed by atoms with E-state index in [0.717, 1.165) is 35.4 Å². The minimum absolute atomic E-state index is 0.193. The zero-order valence-electron chi connectivity index (χ0n) is 15.3. The van der Waals surface area contributed by atoms with Gasteiger partial charge in [-0.15, -0.1) is 0 Å². The molecule has 3 rings (SSSR count). The van der Waals surface area contributed by atoms with Crippen molar-refractivity contribution in [1.82, 2.24) is 14.9 Å². The second kappa shape index (κ2) is 7.79. The largest absolute Gasteiger partial charge is 0.357 e. The monoisotopic (exact) mass is 370 g/mol. The van der Waals surface area contributed by atoms with Crippen LogP contribution >= 0.6 is 11.6 Å². The number of aryl methyl sites for hydroxylation is 1. The Balaban J connectivity index is 1.73. The van der Waals surface area contributed by atoms with Gasteiger partial charge < -0.3 is 14.8 Å². The number of rotatable bonds is 6. The van der Waals surface area contributed by atoms with Crippen LogP contribution in [0.25, 0.3) is 10.9 Å². The molecule has 0 aliphatic rings. The molecule has 1 aromatic carbocycles. The summed E-state index contributed by atoms with van der Waals surface area (Å²) in [6.45, 7) is 6.44. The third kappa shape index (κ3) is 3.40. The fourth-order valence-electron chi connectivity index (χ4n) is 3.12. The molecule has 5 nitrogen and oxygen atoms in total. The van der Waals surface area contributed by atoms with Crippen molar-refractivity contribution in [2.75, 3.05) is 18.0 Å². The molecule has 0 unspecified atom stereocenters. The molecule has 0 saturated carbocycles. The topological polar surface area (TPSA) is 50.2 Å². The number of nitrogens with zero attached hydrogens (tertiary/aromatic N) is 3. The van der Waals surface area contributed by atoms with E-state index in [1.54, 1.807) is 6.20 Å². The number of amides is 1. The van der Waals surface area contributed by atoms with Gasteiger partial charge in [0.05, 0.1) is 5.02 Å². The van der Waals surface area contributed by atoms with E-state index >= 15 is 0 Å². The molecule has 2 aromatic heterocycles. The van der Waals surface area contributed by atoms with Gasteiger partial charge in [0.25, 0.3) is 5.91 Å². The van der Waals surface area contributed by atoms with Crippen molar-refractivity contribution in [3.05, 3.63) is 58.9 Å². The predicted molar refractivity (Wildman–Crippen MR) is 107 cm³/mol. The number of hydrogen-bond donors (Lipinski definition) is 1. The van der Waals surface area contributed by atoms with Crippen molar-refractivity contribution in [1.29, 1.82) is 0 Å². The summed E-state index contributed by atoms with van der Waals surface area (Å²) in [5.41, 5.74) is 2.36. The molecule has 0 aliphatic carbocycles. The fourth-order valence-corrected chi connectivity index (χ4v) is 3.49. The summed E-state index contributed by atoms with van der Waals surface area (Å²) in [7, 11) is 1.85. The lowest BCUT2D eigenvalue weighted by molar-refractivity contribution is 0.0943. The van der Waals surface area contributed by atoms with Crippen molar-refractivity contribution in [2.24, 2.45) is 7.05 Å². The second-order valence-electron chi connectivity index (χ2n) is 6.12. The van der Waals surface area contributed by atoms with Gasteiger partial charge in [-0.25, -0.2) is 4.98 Å². The van der Waals surface area contributed by atoms with Gasteiger partial charge in [-0.1, -0.05) is 35.9 Å². The van der Waals surface area contributed by atoms with Gasteiger partial charge in [-0.05, 0) is 31.5 Å². The van der Waals surface area contributed by atoms with Gasteiger partial charge in [0.1, 0.15) is 11.5 Å². The van der Waals surface area contributed by atoms with Crippen LogP contribution in [0.2, 0.25) is 5.02 Å². The van der Waals surface area contributed by atoms with Gasteiger partial charge in [0.2, 0.25) is 0 Å². The number of benzene rings is 1. The van der Waals surface area contributed by atoms with Gasteiger partial charge in [-0.2, -0.15) is 0 Å². The molecule has 0 atom stereocenters. The Labute approximate surface area is 158 Å². The summed E-state index contributed by atoms with van der Waals surface area (Å²) in [4.78, 5) is 19.3. The third-order valence-corrected chi connectivity index (χ3v) is 4.99. The first kappa shape index (κ1) is 18.3. The van der Waals surface area contributed by atoms with Crippen LogP contribution < -0.4 is 10.2 Å². The van der Waals surface area contributed by atoms with Crippen LogP contribution in [-0.2, 0) is 13.6 Å². The molecular formula is C20H23ClN4O. The van der Waals surface area contributed by atoms with Crippen LogP contribution in [-0.4, -0.2) is 28.5 Å². The van der Waals surface area contributed by atoms with Gasteiger partial charge in [0, 0.05) is 43.8 Å². The number of carbonyl (C=O) groups is 1. The van der Waals surface area contributed by atoms with Crippen LogP contribution in [0, 0.1) is 0 Å². The Bertz CT molecular complexity index is 874. The number of halogens is 1. The van der Waals surface area contributed by atoms with Crippen molar-refractivity contribution >= 4 is 34.2 Å². The summed E-state index contributed by atoms with van der Waals surface area (Å²) >= 11 is 6.43. The maximum atomic E-state index is 12.7. The summed E-state index contributed by atoms with van der Waals surface area (Å²) in [5, 5.41) is 4.30. The summed E-state index contributed by atoms with van der Waals surface area (Å²) in [5.74, 6) is 0.753. The Morgan fingerprint density at radius 2 is 1.92 bits per heavy atom. The highest BCUT2D eigenvalue weighted by Crippen LogP contribution is 2.29. The fraction of sp³-hybridized carbons (Fsp3) is 0.300. The molecule has 0 bridgehead atoms. The quantitative estimate of drug-likeness (QED) is 0.713. The maximum absolute atomic E-state index is 12.7. The minimum atomic E-state index is -0.193. The van der Waals surface area contributed by atoms with Crippen molar-refractivity contribution in [3.63, 3.8) is 0 Å². The lowest BCUT2D eigenvalue weighted by atomic mass is 10.2. The first-order valence-electron chi connectivity index (χ1n) is 8.77. The first-order valence-corrected chi connectivity index (χ1v) is 9.15. The molecule has 0 saturated heterocycles. The highest BCUT2D eigenvalue weighted by Gasteiger charge is 2.19. The van der Waals surface area contributed by atoms with E-state index in [9.17, 15) is 4.79 Å². The molecule has 2 heterocycles. The molecular weight excluding hydrogens is 348 g/mol. The molecule has 0 aliphatic heterocycles. The van der Waals surface area contributed by atoms with Crippen LogP contribution in [0.15, 0.2) is 42.6 Å². The molecule has 3 aromatic rings. The van der Waals surface area contributed by atoms with E-state index in [4.69, 9.17) is 11.6 Å². The van der Waals surface area contributed by atoms with E-state index in [1.807, 2.05) is 48.0 Å². The van der Waals surface area contributed by atoms with Gasteiger partial charge in [0.15, 0.2) is 0 Å². The standard InChI is InChI=1S/C20H23ClN4O/c1-4-25(5-2)17-11-10-14(12-22-17)13-23-20(26)19-18(21)15-8-6-7-9-16(15)24(19)3/h6-12H,4-5,13H2,1-3H3,(H,23,26). The zero-order chi connectivity index (χ0) is 18.7. The van der Waals surface area contributed by atoms with Crippen LogP contribution in [0.3, 0.4) is 0 Å². The normalized spacial score (nSPS) is 10.9. The molecule has 136 valence electrons. The van der Waals surface area contributed by atoms with Crippen LogP contribution in [0.4, 0.5) is 5.82 Å². The molecule has 0 spiro atoms. The lowest BCUT2D eigenvalue weighted by Crippen LogP contribution is -2.25. The van der Waals surface area contributed by atoms with Gasteiger partial charge in [-0.3, -0.25) is 4.79 Å². The lowest BCUT2D eigenvalue weighted by Gasteiger charge is -2.19. The molecule has 0 fully saturated rings. The maximum Gasteiger partial charge on any atom is 0.269 e. The molecule has 1 N–H and O–H groups in total. The smallest absolute Gasteiger partial charge is 0.269 e. The SMILES string of the molecule is CCN(CC)c1ccc(CNC(=O)c2c(Cl)c3ccccc3n2C)cn1. The number of hydrogen-bond acceptors (Lipinski definition) is 3. The van der Waals surface area contributed by atoms with Crippen molar-refractivity contribution in [2.45, 2.75) is 20.4 Å². The second-order valence-corrected chi connectivity index (χ2v) is 6.50. The Morgan fingerprint density at radius 3 is 2.54 bits per heavy atom. The van der Waals surface area contributed by atoms with E-state index in [1.165, 1.54) is 0 Å². The number of aromatic nitrogens is 2. The van der Waals surface area contributed by atoms with Gasteiger partial charge >= 0.3 is 0 Å². The van der Waals surface area contributed by atoms with E-state index in [0.29, 0.717) is 17.3 Å².